The van der Waals surface area contributed by atoms with E-state index in [4.69, 9.17) is 24.6 Å². The predicted molar refractivity (Wildman–Crippen MR) is 82.1 cm³/mol. The second-order valence-corrected chi connectivity index (χ2v) is 7.56. The molecule has 0 aromatic heterocycles. The van der Waals surface area contributed by atoms with Gasteiger partial charge in [-0.1, -0.05) is 41.9 Å². The molecule has 3 fully saturated rings. The Morgan fingerprint density at radius 1 is 1.21 bits per heavy atom. The summed E-state index contributed by atoms with van der Waals surface area (Å²) in [4.78, 5) is 2.61. The molecular weight excluding hydrogens is 369 g/mol. The highest BCUT2D eigenvalue weighted by Gasteiger charge is 2.44. The quantitative estimate of drug-likeness (QED) is 0.257. The van der Waals surface area contributed by atoms with Crippen LogP contribution in [0.25, 0.3) is 0 Å². The van der Waals surface area contributed by atoms with Crippen LogP contribution in [0, 0.1) is 0 Å². The summed E-state index contributed by atoms with van der Waals surface area (Å²) in [5.41, 5.74) is -4.19. The van der Waals surface area contributed by atoms with Gasteiger partial charge in [-0.15, -0.1) is 0 Å². The third kappa shape index (κ3) is 4.40. The topological polar surface area (TPSA) is 60.4 Å². The maximum absolute atomic E-state index is 10.7. The molecule has 4 rings (SSSR count). The van der Waals surface area contributed by atoms with Crippen molar-refractivity contribution < 1.29 is 30.6 Å². The lowest BCUT2D eigenvalue weighted by Crippen LogP contribution is -2.67. The van der Waals surface area contributed by atoms with Crippen LogP contribution in [-0.4, -0.2) is 66.6 Å². The number of alkyl halides is 4. The van der Waals surface area contributed by atoms with Crippen molar-refractivity contribution in [3.05, 3.63) is 35.9 Å². The first-order valence-electron chi connectivity index (χ1n) is 7.30. The lowest BCUT2D eigenvalue weighted by molar-refractivity contribution is -0.935. The minimum atomic E-state index is -6.09. The van der Waals surface area contributed by atoms with Crippen LogP contribution >= 0.6 is 11.6 Å². The summed E-state index contributed by atoms with van der Waals surface area (Å²) >= 11 is 6.17. The molecule has 0 unspecified atom stereocenters. The number of benzene rings is 1. The fourth-order valence-corrected chi connectivity index (χ4v) is 3.38. The Hall–Kier alpha value is -0.870. The van der Waals surface area contributed by atoms with Gasteiger partial charge in [0.2, 0.25) is 0 Å². The van der Waals surface area contributed by atoms with E-state index in [0.717, 1.165) is 10.5 Å². The van der Waals surface area contributed by atoms with Crippen molar-refractivity contribution in [3.63, 3.8) is 0 Å². The van der Waals surface area contributed by atoms with E-state index >= 15 is 0 Å². The van der Waals surface area contributed by atoms with E-state index < -0.39 is 15.6 Å². The van der Waals surface area contributed by atoms with Gasteiger partial charge in [0.15, 0.2) is 16.1 Å². The summed E-state index contributed by atoms with van der Waals surface area (Å²) in [5, 5.41) is 0. The molecule has 0 N–H and O–H groups in total. The van der Waals surface area contributed by atoms with Crippen LogP contribution in [0.3, 0.4) is 0 Å². The maximum atomic E-state index is 10.7. The number of nitrogens with zero attached hydrogens (tertiary/aromatic N) is 2. The standard InChI is InChI=1S/C13H18ClN2.CHF3O3S/c14-11-16-8-6-15(7-9-16)13(10-16)12-4-2-1-3-5-12;2-1(3,4)8(5,6)7/h1-5,13H,6-11H2;(H,5,6,7)/q+1;/p-1/t13-;/m1./s1. The van der Waals surface area contributed by atoms with Crippen molar-refractivity contribution in [1.82, 2.24) is 4.90 Å². The summed E-state index contributed by atoms with van der Waals surface area (Å²) in [6.45, 7) is 6.05. The molecule has 0 amide bonds. The number of rotatable bonds is 2. The Bertz CT molecular complexity index is 647. The number of hydrogen-bond donors (Lipinski definition) is 0. The first-order chi connectivity index (χ1) is 11.1. The molecule has 0 radical (unpaired) electrons. The average molecular weight is 387 g/mol. The van der Waals surface area contributed by atoms with Gasteiger partial charge in [0.25, 0.3) is 0 Å². The Kier molecular flexibility index (Phi) is 5.81. The molecule has 1 aromatic carbocycles. The van der Waals surface area contributed by atoms with Crippen molar-refractivity contribution in [2.75, 3.05) is 38.7 Å². The van der Waals surface area contributed by atoms with Gasteiger partial charge < -0.3 is 9.04 Å². The largest absolute Gasteiger partial charge is 0.741 e. The minimum Gasteiger partial charge on any atom is -0.741 e. The van der Waals surface area contributed by atoms with Crippen LogP contribution in [0.15, 0.2) is 30.3 Å². The summed E-state index contributed by atoms with van der Waals surface area (Å²) < 4.78 is 60.0. The third-order valence-electron chi connectivity index (χ3n) is 4.45. The van der Waals surface area contributed by atoms with E-state index in [1.807, 2.05) is 0 Å². The summed E-state index contributed by atoms with van der Waals surface area (Å²) in [6.07, 6.45) is 0. The van der Waals surface area contributed by atoms with Crippen LogP contribution in [0.4, 0.5) is 13.2 Å². The van der Waals surface area contributed by atoms with E-state index in [2.05, 4.69) is 35.2 Å². The van der Waals surface area contributed by atoms with Crippen LogP contribution in [-0.2, 0) is 10.1 Å². The van der Waals surface area contributed by atoms with Gasteiger partial charge in [0, 0.05) is 13.1 Å². The highest BCUT2D eigenvalue weighted by molar-refractivity contribution is 7.86. The first kappa shape index (κ1) is 19.5. The van der Waals surface area contributed by atoms with E-state index in [-0.39, 0.29) is 0 Å². The lowest BCUT2D eigenvalue weighted by Gasteiger charge is -2.53. The molecule has 0 saturated carbocycles. The zero-order chi connectivity index (χ0) is 18.0. The van der Waals surface area contributed by atoms with Crippen molar-refractivity contribution in [2.45, 2.75) is 11.6 Å². The predicted octanol–water partition coefficient (Wildman–Crippen LogP) is 2.12. The van der Waals surface area contributed by atoms with Crippen LogP contribution in [0.1, 0.15) is 11.6 Å². The Balaban J connectivity index is 0.000000224. The number of piperazine rings is 3. The number of halogens is 4. The van der Waals surface area contributed by atoms with E-state index in [1.54, 1.807) is 0 Å². The molecule has 1 aromatic rings. The zero-order valence-electron chi connectivity index (χ0n) is 12.7. The summed E-state index contributed by atoms with van der Waals surface area (Å²) in [6, 6.07) is 12.2. The molecule has 5 nitrogen and oxygen atoms in total. The third-order valence-corrected chi connectivity index (χ3v) is 5.52. The molecule has 10 heteroatoms. The molecular formula is C14H18ClF3N2O3S. The Labute approximate surface area is 144 Å². The average Bonchev–Trinajstić information content (AvgIpc) is 2.55. The van der Waals surface area contributed by atoms with Gasteiger partial charge in [-0.25, -0.2) is 8.42 Å². The van der Waals surface area contributed by atoms with Gasteiger partial charge in [-0.05, 0) is 5.56 Å². The smallest absolute Gasteiger partial charge is 0.485 e. The SMILES string of the molecule is ClC[N+]12CCN(CC1)[C@@H](c1ccccc1)C2.O=S(=O)([O-])C(F)(F)F. The van der Waals surface area contributed by atoms with Crippen LogP contribution in [0.2, 0.25) is 0 Å². The molecule has 3 heterocycles. The fraction of sp³-hybridized carbons (Fsp3) is 0.571. The molecule has 136 valence electrons. The van der Waals surface area contributed by atoms with E-state index in [9.17, 15) is 13.2 Å². The number of hydrogen-bond acceptors (Lipinski definition) is 4. The molecule has 24 heavy (non-hydrogen) atoms. The highest BCUT2D eigenvalue weighted by atomic mass is 35.5. The molecule has 3 saturated heterocycles. The maximum Gasteiger partial charge on any atom is 0.485 e. The Morgan fingerprint density at radius 3 is 2.12 bits per heavy atom. The highest BCUT2D eigenvalue weighted by Crippen LogP contribution is 2.33. The lowest BCUT2D eigenvalue weighted by atomic mass is 9.98. The van der Waals surface area contributed by atoms with Gasteiger partial charge in [0.1, 0.15) is 0 Å². The molecule has 2 bridgehead atoms. The summed E-state index contributed by atoms with van der Waals surface area (Å²) in [7, 11) is -6.09. The molecule has 0 aliphatic carbocycles. The minimum absolute atomic E-state index is 0.586. The fourth-order valence-electron chi connectivity index (χ4n) is 3.04. The van der Waals surface area contributed by atoms with Crippen molar-refractivity contribution in [3.8, 4) is 0 Å². The van der Waals surface area contributed by atoms with Gasteiger partial charge in [-0.2, -0.15) is 13.2 Å². The van der Waals surface area contributed by atoms with Crippen molar-refractivity contribution in [1.29, 1.82) is 0 Å². The van der Waals surface area contributed by atoms with E-state index in [0.29, 0.717) is 6.04 Å². The van der Waals surface area contributed by atoms with E-state index in [1.165, 1.54) is 38.3 Å². The van der Waals surface area contributed by atoms with Crippen LogP contribution in [0.5, 0.6) is 0 Å². The van der Waals surface area contributed by atoms with Crippen molar-refractivity contribution in [2.24, 2.45) is 0 Å². The number of quaternary nitrogens is 1. The molecule has 3 aliphatic rings. The van der Waals surface area contributed by atoms with Gasteiger partial charge in [-0.3, -0.25) is 4.90 Å². The zero-order valence-corrected chi connectivity index (χ0v) is 14.3. The molecule has 1 atom stereocenters. The molecule has 3 aliphatic heterocycles. The van der Waals surface area contributed by atoms with Crippen LogP contribution < -0.4 is 0 Å². The van der Waals surface area contributed by atoms with Gasteiger partial charge >= 0.3 is 5.51 Å². The second-order valence-electron chi connectivity index (χ2n) is 5.95. The number of fused-ring (bicyclic) bond motifs is 3. The van der Waals surface area contributed by atoms with Gasteiger partial charge in [0.05, 0.1) is 25.7 Å². The summed E-state index contributed by atoms with van der Waals surface area (Å²) in [5.74, 6) is 0. The second kappa shape index (κ2) is 7.17. The Morgan fingerprint density at radius 2 is 1.71 bits per heavy atom. The monoisotopic (exact) mass is 386 g/mol. The molecule has 0 spiro atoms. The normalized spacial score (nSPS) is 29.7. The van der Waals surface area contributed by atoms with Crippen molar-refractivity contribution >= 4 is 21.7 Å². The first-order valence-corrected chi connectivity index (χ1v) is 9.24.